The number of hydrogen-bond donors (Lipinski definition) is 4. The molecule has 1 aliphatic heterocycles. The van der Waals surface area contributed by atoms with E-state index in [2.05, 4.69) is 41.2 Å². The second-order valence-electron chi connectivity index (χ2n) is 13.5. The maximum Gasteiger partial charge on any atom is 0.238 e. The highest BCUT2D eigenvalue weighted by Gasteiger charge is 2.62. The molecule has 1 aromatic carbocycles. The minimum atomic E-state index is -3.76. The number of methoxy groups -OCH3 is 1. The van der Waals surface area contributed by atoms with Gasteiger partial charge < -0.3 is 25.2 Å². The number of benzene rings is 1. The van der Waals surface area contributed by atoms with Gasteiger partial charge in [0.2, 0.25) is 15.9 Å². The quantitative estimate of drug-likeness (QED) is 0.166. The number of nitrogens with one attached hydrogen (secondary N) is 3. The van der Waals surface area contributed by atoms with Crippen LogP contribution in [0.25, 0.3) is 21.6 Å². The maximum absolute atomic E-state index is 13.7. The number of pyridine rings is 1. The number of nitrogens with zero attached hydrogens (tertiary/aromatic N) is 2. The van der Waals surface area contributed by atoms with Gasteiger partial charge in [0.25, 0.3) is 0 Å². The van der Waals surface area contributed by atoms with E-state index in [9.17, 15) is 18.3 Å². The van der Waals surface area contributed by atoms with Crippen LogP contribution in [0.3, 0.4) is 0 Å². The molecular weight excluding hydrogens is 627 g/mol. The van der Waals surface area contributed by atoms with Crippen LogP contribution in [-0.4, -0.2) is 71.7 Å². The third kappa shape index (κ3) is 5.70. The van der Waals surface area contributed by atoms with Gasteiger partial charge in [0.05, 0.1) is 34.6 Å². The van der Waals surface area contributed by atoms with Gasteiger partial charge in [-0.2, -0.15) is 4.72 Å². The zero-order valence-corrected chi connectivity index (χ0v) is 28.7. The molecule has 6 rings (SSSR count). The van der Waals surface area contributed by atoms with Crippen LogP contribution in [0.15, 0.2) is 36.2 Å². The number of aliphatic hydroxyl groups excluding tert-OH is 1. The molecule has 0 radical (unpaired) electrons. The normalized spacial score (nSPS) is 27.4. The molecule has 11 nitrogen and oxygen atoms in total. The van der Waals surface area contributed by atoms with Crippen molar-refractivity contribution < 1.29 is 27.8 Å². The van der Waals surface area contributed by atoms with E-state index in [4.69, 9.17) is 19.4 Å². The fourth-order valence-electron chi connectivity index (χ4n) is 6.22. The average Bonchev–Trinajstić information content (AvgIpc) is 3.82. The number of amides is 1. The molecule has 3 aliphatic rings. The number of aryl methyl sites for hydroxylation is 1. The Kier molecular flexibility index (Phi) is 8.46. The molecule has 2 aliphatic carbocycles. The predicted molar refractivity (Wildman–Crippen MR) is 178 cm³/mol. The number of sulfonamides is 1. The Balaban J connectivity index is 1.23. The Morgan fingerprint density at radius 2 is 2.00 bits per heavy atom. The minimum absolute atomic E-state index is 0.254. The van der Waals surface area contributed by atoms with E-state index in [1.807, 2.05) is 32.0 Å². The molecule has 1 saturated heterocycles. The van der Waals surface area contributed by atoms with Crippen molar-refractivity contribution in [3.63, 3.8) is 0 Å². The molecule has 0 spiro atoms. The van der Waals surface area contributed by atoms with Crippen LogP contribution in [0.5, 0.6) is 11.5 Å². The summed E-state index contributed by atoms with van der Waals surface area (Å²) in [6.07, 6.45) is 1.26. The van der Waals surface area contributed by atoms with Crippen LogP contribution in [0.2, 0.25) is 0 Å². The molecule has 0 bridgehead atoms. The van der Waals surface area contributed by atoms with Crippen molar-refractivity contribution in [2.45, 2.75) is 88.5 Å². The van der Waals surface area contributed by atoms with E-state index in [0.717, 1.165) is 32.9 Å². The Labute approximate surface area is 274 Å². The molecule has 2 saturated carbocycles. The molecular formula is C33H43N5O6S2. The summed E-state index contributed by atoms with van der Waals surface area (Å²) in [5.74, 6) is 0.791. The van der Waals surface area contributed by atoms with Gasteiger partial charge in [-0.3, -0.25) is 4.79 Å². The second-order valence-corrected chi connectivity index (χ2v) is 16.6. The van der Waals surface area contributed by atoms with Crippen molar-refractivity contribution in [1.29, 1.82) is 0 Å². The lowest BCUT2D eigenvalue weighted by Gasteiger charge is -2.29. The molecule has 3 heterocycles. The Morgan fingerprint density at radius 1 is 1.26 bits per heavy atom. The number of carbonyl (C=O) groups is 1. The summed E-state index contributed by atoms with van der Waals surface area (Å²) >= 11 is 1.54. The van der Waals surface area contributed by atoms with Crippen LogP contribution >= 0.6 is 11.3 Å². The largest absolute Gasteiger partial charge is 0.496 e. The Morgan fingerprint density at radius 3 is 2.61 bits per heavy atom. The highest BCUT2D eigenvalue weighted by Crippen LogP contribution is 2.48. The monoisotopic (exact) mass is 669 g/mol. The highest BCUT2D eigenvalue weighted by atomic mass is 32.2. The lowest BCUT2D eigenvalue weighted by molar-refractivity contribution is -0.126. The van der Waals surface area contributed by atoms with Crippen molar-refractivity contribution in [3.8, 4) is 22.2 Å². The van der Waals surface area contributed by atoms with Gasteiger partial charge in [0.1, 0.15) is 34.5 Å². The Hall–Kier alpha value is -3.10. The molecule has 2 aromatic heterocycles. The summed E-state index contributed by atoms with van der Waals surface area (Å²) in [4.78, 5) is 23.5. The first-order valence-corrected chi connectivity index (χ1v) is 18.1. The molecule has 6 atom stereocenters. The number of aliphatic hydroxyl groups is 1. The maximum atomic E-state index is 13.7. The second kappa shape index (κ2) is 11.9. The third-order valence-corrected chi connectivity index (χ3v) is 13.1. The zero-order valence-electron chi connectivity index (χ0n) is 27.1. The summed E-state index contributed by atoms with van der Waals surface area (Å²) in [5.41, 5.74) is 2.18. The van der Waals surface area contributed by atoms with Crippen LogP contribution in [0.4, 0.5) is 0 Å². The average molecular weight is 670 g/mol. The molecule has 6 unspecified atom stereocenters. The number of hydrogen-bond acceptors (Lipinski definition) is 10. The van der Waals surface area contributed by atoms with E-state index in [-0.39, 0.29) is 29.8 Å². The van der Waals surface area contributed by atoms with Gasteiger partial charge in [-0.15, -0.1) is 17.9 Å². The van der Waals surface area contributed by atoms with Crippen LogP contribution in [0.1, 0.15) is 64.1 Å². The summed E-state index contributed by atoms with van der Waals surface area (Å²) in [7, 11) is -2.13. The molecule has 4 N–H and O–H groups in total. The van der Waals surface area contributed by atoms with Gasteiger partial charge in [0, 0.05) is 40.8 Å². The van der Waals surface area contributed by atoms with E-state index in [1.165, 1.54) is 11.3 Å². The number of rotatable bonds is 12. The fraction of sp³-hybridized carbons (Fsp3) is 0.545. The number of thiazole rings is 1. The van der Waals surface area contributed by atoms with Crippen molar-refractivity contribution in [3.05, 3.63) is 47.5 Å². The topological polar surface area (TPSA) is 152 Å². The zero-order chi connectivity index (χ0) is 33.2. The van der Waals surface area contributed by atoms with Gasteiger partial charge >= 0.3 is 0 Å². The molecule has 3 fully saturated rings. The first-order chi connectivity index (χ1) is 21.7. The van der Waals surface area contributed by atoms with Crippen molar-refractivity contribution in [1.82, 2.24) is 25.3 Å². The number of ether oxygens (including phenoxy) is 2. The van der Waals surface area contributed by atoms with E-state index in [0.29, 0.717) is 37.3 Å². The predicted octanol–water partition coefficient (Wildman–Crippen LogP) is 4.01. The van der Waals surface area contributed by atoms with Crippen molar-refractivity contribution >= 4 is 38.2 Å². The van der Waals surface area contributed by atoms with E-state index < -0.39 is 32.6 Å². The van der Waals surface area contributed by atoms with Gasteiger partial charge in [-0.25, -0.2) is 18.4 Å². The SMILES string of the molecule is C=CC1CC1(NC(=O)C1NCC(Oc2cc(-c3nc(C(C)C)cs3)nc3c(C)c(OC)ccc23)C1C)C(O)NS(=O)(=O)C1(C)CC1. The number of fused-ring (bicyclic) bond motifs is 1. The van der Waals surface area contributed by atoms with Gasteiger partial charge in [-0.05, 0) is 51.2 Å². The van der Waals surface area contributed by atoms with Crippen LogP contribution in [0, 0.1) is 18.8 Å². The van der Waals surface area contributed by atoms with Crippen molar-refractivity contribution in [2.75, 3.05) is 13.7 Å². The standard InChI is InChI=1S/C33H43N5O6S2/c1-8-20-14-33(20,31(40)38-46(41,42)32(6)11-12-32)37-29(39)28-19(5)26(15-34-28)44-25-13-22(30-36-23(16-45-30)17(2)3)35-27-18(4)24(43-7)10-9-21(25)27/h8-10,13,16-17,19-20,26,28,31,34,38,40H,1,11-12,14-15H2,2-7H3,(H,37,39). The number of aromatic nitrogens is 2. The summed E-state index contributed by atoms with van der Waals surface area (Å²) < 4.78 is 39.5. The first-order valence-electron chi connectivity index (χ1n) is 15.7. The van der Waals surface area contributed by atoms with Gasteiger partial charge in [-0.1, -0.05) is 26.8 Å². The lowest BCUT2D eigenvalue weighted by atomic mass is 9.99. The van der Waals surface area contributed by atoms with Crippen molar-refractivity contribution in [2.24, 2.45) is 11.8 Å². The fourth-order valence-corrected chi connectivity index (χ4v) is 8.59. The number of carbonyl (C=O) groups excluding carboxylic acids is 1. The molecule has 13 heteroatoms. The van der Waals surface area contributed by atoms with Crippen LogP contribution < -0.4 is 24.8 Å². The summed E-state index contributed by atoms with van der Waals surface area (Å²) in [6, 6.07) is 5.11. The van der Waals surface area contributed by atoms with Crippen LogP contribution in [-0.2, 0) is 14.8 Å². The smallest absolute Gasteiger partial charge is 0.238 e. The highest BCUT2D eigenvalue weighted by molar-refractivity contribution is 7.91. The minimum Gasteiger partial charge on any atom is -0.496 e. The third-order valence-electron chi connectivity index (χ3n) is 9.97. The summed E-state index contributed by atoms with van der Waals surface area (Å²) in [6.45, 7) is 14.0. The Bertz CT molecular complexity index is 1790. The van der Waals surface area contributed by atoms with E-state index >= 15 is 0 Å². The van der Waals surface area contributed by atoms with E-state index in [1.54, 1.807) is 20.1 Å². The molecule has 248 valence electrons. The summed E-state index contributed by atoms with van der Waals surface area (Å²) in [5, 5.41) is 21.0. The molecule has 3 aromatic rings. The molecule has 1 amide bonds. The first kappa shape index (κ1) is 32.8. The lowest BCUT2D eigenvalue weighted by Crippen LogP contribution is -2.59. The van der Waals surface area contributed by atoms with Gasteiger partial charge in [0.15, 0.2) is 0 Å². The molecule has 46 heavy (non-hydrogen) atoms.